The molecule has 1 heterocycles. The van der Waals surface area contributed by atoms with Gasteiger partial charge in [0.1, 0.15) is 5.75 Å². The molecule has 2 rings (SSSR count). The van der Waals surface area contributed by atoms with E-state index >= 15 is 0 Å². The van der Waals surface area contributed by atoms with Crippen LogP contribution in [0.4, 0.5) is 0 Å². The molecule has 1 atom stereocenters. The van der Waals surface area contributed by atoms with E-state index in [0.29, 0.717) is 6.42 Å². The SMILES string of the molecule is C=CC(=O)C[C@H]1NCCc2cc(OC)c(O[Si](C)(C)C(C)(C)C)cc21. The van der Waals surface area contributed by atoms with Crippen molar-refractivity contribution in [1.82, 2.24) is 5.32 Å². The van der Waals surface area contributed by atoms with Crippen molar-refractivity contribution < 1.29 is 14.0 Å². The molecule has 0 aliphatic carbocycles. The van der Waals surface area contributed by atoms with Gasteiger partial charge in [-0.2, -0.15) is 0 Å². The topological polar surface area (TPSA) is 47.6 Å². The van der Waals surface area contributed by atoms with Crippen LogP contribution in [0, 0.1) is 0 Å². The normalized spacial score (nSPS) is 17.6. The second kappa shape index (κ2) is 7.34. The number of rotatable bonds is 6. The first kappa shape index (κ1) is 19.7. The quantitative estimate of drug-likeness (QED) is 0.602. The molecule has 0 unspecified atom stereocenters. The first-order valence-electron chi connectivity index (χ1n) is 8.87. The second-order valence-electron chi connectivity index (χ2n) is 8.20. The highest BCUT2D eigenvalue weighted by atomic mass is 28.4. The van der Waals surface area contributed by atoms with E-state index in [-0.39, 0.29) is 16.9 Å². The van der Waals surface area contributed by atoms with Crippen LogP contribution < -0.4 is 14.5 Å². The number of nitrogens with one attached hydrogen (secondary N) is 1. The summed E-state index contributed by atoms with van der Waals surface area (Å²) in [5, 5.41) is 3.55. The molecule has 5 heteroatoms. The second-order valence-corrected chi connectivity index (χ2v) is 12.9. The molecule has 1 N–H and O–H groups in total. The molecular weight excluding hydrogens is 330 g/mol. The first-order valence-corrected chi connectivity index (χ1v) is 11.8. The fourth-order valence-electron chi connectivity index (χ4n) is 2.78. The molecule has 25 heavy (non-hydrogen) atoms. The largest absolute Gasteiger partial charge is 0.541 e. The van der Waals surface area contributed by atoms with Crippen LogP contribution in [0.15, 0.2) is 24.8 Å². The zero-order valence-corrected chi connectivity index (χ0v) is 17.4. The Balaban J connectivity index is 2.43. The smallest absolute Gasteiger partial charge is 0.250 e. The molecule has 0 aromatic heterocycles. The van der Waals surface area contributed by atoms with Gasteiger partial charge < -0.3 is 14.5 Å². The van der Waals surface area contributed by atoms with Gasteiger partial charge in [0.05, 0.1) is 7.11 Å². The van der Waals surface area contributed by atoms with E-state index < -0.39 is 8.32 Å². The number of hydrogen-bond donors (Lipinski definition) is 1. The fraction of sp³-hybridized carbons (Fsp3) is 0.550. The molecule has 1 aliphatic heterocycles. The minimum absolute atomic E-state index is 0.00178. The monoisotopic (exact) mass is 361 g/mol. The van der Waals surface area contributed by atoms with Crippen LogP contribution in [0.25, 0.3) is 0 Å². The van der Waals surface area contributed by atoms with Gasteiger partial charge in [-0.15, -0.1) is 0 Å². The van der Waals surface area contributed by atoms with Crippen LogP contribution in [0.2, 0.25) is 18.1 Å². The number of ether oxygens (including phenoxy) is 1. The van der Waals surface area contributed by atoms with Gasteiger partial charge in [0.2, 0.25) is 0 Å². The number of hydrogen-bond acceptors (Lipinski definition) is 4. The van der Waals surface area contributed by atoms with Gasteiger partial charge in [0.25, 0.3) is 8.32 Å². The molecule has 0 spiro atoms. The summed E-state index contributed by atoms with van der Waals surface area (Å²) >= 11 is 0. The van der Waals surface area contributed by atoms with E-state index in [9.17, 15) is 4.79 Å². The van der Waals surface area contributed by atoms with Gasteiger partial charge in [-0.25, -0.2) is 0 Å². The van der Waals surface area contributed by atoms with E-state index in [2.05, 4.69) is 57.9 Å². The summed E-state index contributed by atoms with van der Waals surface area (Å²) in [6.45, 7) is 15.5. The van der Waals surface area contributed by atoms with E-state index in [0.717, 1.165) is 30.0 Å². The zero-order chi connectivity index (χ0) is 18.8. The maximum Gasteiger partial charge on any atom is 0.250 e. The number of fused-ring (bicyclic) bond motifs is 1. The van der Waals surface area contributed by atoms with Crippen molar-refractivity contribution in [2.75, 3.05) is 13.7 Å². The van der Waals surface area contributed by atoms with Crippen molar-refractivity contribution in [2.24, 2.45) is 0 Å². The molecule has 4 nitrogen and oxygen atoms in total. The van der Waals surface area contributed by atoms with Crippen LogP contribution in [0.3, 0.4) is 0 Å². The van der Waals surface area contributed by atoms with Crippen LogP contribution >= 0.6 is 0 Å². The van der Waals surface area contributed by atoms with Crippen LogP contribution in [-0.4, -0.2) is 27.8 Å². The summed E-state index contributed by atoms with van der Waals surface area (Å²) in [4.78, 5) is 11.9. The summed E-state index contributed by atoms with van der Waals surface area (Å²) in [5.41, 5.74) is 2.36. The van der Waals surface area contributed by atoms with Crippen LogP contribution in [-0.2, 0) is 11.2 Å². The van der Waals surface area contributed by atoms with Gasteiger partial charge >= 0.3 is 0 Å². The zero-order valence-electron chi connectivity index (χ0n) is 16.4. The van der Waals surface area contributed by atoms with E-state index in [1.165, 1.54) is 11.6 Å². The molecule has 0 radical (unpaired) electrons. The highest BCUT2D eigenvalue weighted by Crippen LogP contribution is 2.42. The lowest BCUT2D eigenvalue weighted by Crippen LogP contribution is -2.44. The first-order chi connectivity index (χ1) is 11.6. The summed E-state index contributed by atoms with van der Waals surface area (Å²) in [6.07, 6.45) is 2.74. The highest BCUT2D eigenvalue weighted by molar-refractivity contribution is 6.74. The third kappa shape index (κ3) is 4.33. The molecule has 0 saturated carbocycles. The lowest BCUT2D eigenvalue weighted by atomic mass is 9.91. The Kier molecular flexibility index (Phi) is 5.79. The van der Waals surface area contributed by atoms with Crippen molar-refractivity contribution in [2.45, 2.75) is 57.8 Å². The fourth-order valence-corrected chi connectivity index (χ4v) is 3.80. The molecule has 0 bridgehead atoms. The standard InChI is InChI=1S/C20H31NO3Si/c1-8-15(22)12-17-16-13-19(24-25(6,7)20(2,3)4)18(23-5)11-14(16)9-10-21-17/h8,11,13,17,21H,1,9-10,12H2,2-7H3/t17-/m1/s1. The van der Waals surface area contributed by atoms with Crippen LogP contribution in [0.1, 0.15) is 44.4 Å². The highest BCUT2D eigenvalue weighted by Gasteiger charge is 2.40. The molecule has 0 saturated heterocycles. The molecule has 0 amide bonds. The van der Waals surface area contributed by atoms with Gasteiger partial charge in [-0.05, 0) is 60.4 Å². The molecule has 1 aliphatic rings. The van der Waals surface area contributed by atoms with Crippen molar-refractivity contribution in [3.63, 3.8) is 0 Å². The predicted molar refractivity (Wildman–Crippen MR) is 105 cm³/mol. The van der Waals surface area contributed by atoms with Crippen molar-refractivity contribution >= 4 is 14.1 Å². The number of ketones is 1. The Labute approximate surface area is 152 Å². The number of methoxy groups -OCH3 is 1. The average Bonchev–Trinajstić information content (AvgIpc) is 2.53. The van der Waals surface area contributed by atoms with Gasteiger partial charge in [0.15, 0.2) is 11.5 Å². The minimum Gasteiger partial charge on any atom is -0.541 e. The van der Waals surface area contributed by atoms with Crippen LogP contribution in [0.5, 0.6) is 11.5 Å². The van der Waals surface area contributed by atoms with Crippen molar-refractivity contribution in [3.05, 3.63) is 35.9 Å². The summed E-state index contributed by atoms with van der Waals surface area (Å²) in [7, 11) is -0.302. The maximum absolute atomic E-state index is 11.9. The lowest BCUT2D eigenvalue weighted by molar-refractivity contribution is -0.115. The Hall–Kier alpha value is -1.59. The molecule has 1 aromatic carbocycles. The Morgan fingerprint density at radius 1 is 1.36 bits per heavy atom. The van der Waals surface area contributed by atoms with E-state index in [1.807, 2.05) is 0 Å². The minimum atomic E-state index is -1.98. The summed E-state index contributed by atoms with van der Waals surface area (Å²) < 4.78 is 12.1. The number of benzene rings is 1. The number of carbonyl (C=O) groups is 1. The van der Waals surface area contributed by atoms with E-state index in [4.69, 9.17) is 9.16 Å². The molecule has 1 aromatic rings. The summed E-state index contributed by atoms with van der Waals surface area (Å²) in [5.74, 6) is 1.61. The third-order valence-corrected chi connectivity index (χ3v) is 9.73. The number of carbonyl (C=O) groups excluding carboxylic acids is 1. The summed E-state index contributed by atoms with van der Waals surface area (Å²) in [6, 6.07) is 4.15. The maximum atomic E-state index is 11.9. The number of allylic oxidation sites excluding steroid dienone is 1. The lowest BCUT2D eigenvalue weighted by Gasteiger charge is -2.37. The van der Waals surface area contributed by atoms with E-state index in [1.54, 1.807) is 7.11 Å². The Bertz CT molecular complexity index is 662. The average molecular weight is 362 g/mol. The van der Waals surface area contributed by atoms with Gasteiger partial charge in [0, 0.05) is 12.5 Å². The molecule has 138 valence electrons. The Morgan fingerprint density at radius 3 is 2.60 bits per heavy atom. The Morgan fingerprint density at radius 2 is 2.04 bits per heavy atom. The van der Waals surface area contributed by atoms with Gasteiger partial charge in [-0.3, -0.25) is 4.79 Å². The third-order valence-electron chi connectivity index (χ3n) is 5.39. The molecule has 0 fully saturated rings. The van der Waals surface area contributed by atoms with Gasteiger partial charge in [-0.1, -0.05) is 27.4 Å². The predicted octanol–water partition coefficient (Wildman–Crippen LogP) is 4.41. The van der Waals surface area contributed by atoms with Crippen molar-refractivity contribution in [1.29, 1.82) is 0 Å². The molecular formula is C20H31NO3Si. The van der Waals surface area contributed by atoms with Crippen molar-refractivity contribution in [3.8, 4) is 11.5 Å².